The van der Waals surface area contributed by atoms with Gasteiger partial charge in [-0.25, -0.2) is 18.4 Å². The summed E-state index contributed by atoms with van der Waals surface area (Å²) in [5.74, 6) is 0.245. The lowest BCUT2D eigenvalue weighted by atomic mass is 10.1. The fourth-order valence-electron chi connectivity index (χ4n) is 2.54. The maximum Gasteiger partial charge on any atom is 0.278 e. The van der Waals surface area contributed by atoms with Crippen LogP contribution >= 0.6 is 23.2 Å². The van der Waals surface area contributed by atoms with Gasteiger partial charge in [0, 0.05) is 18.4 Å². The molecule has 0 bridgehead atoms. The Balaban J connectivity index is 2.86. The number of hydrogen-bond acceptors (Lipinski definition) is 7. The van der Waals surface area contributed by atoms with Crippen LogP contribution in [-0.4, -0.2) is 50.6 Å². The van der Waals surface area contributed by atoms with Crippen LogP contribution in [0.15, 0.2) is 6.07 Å². The van der Waals surface area contributed by atoms with Crippen LogP contribution in [0.4, 0.5) is 0 Å². The highest BCUT2D eigenvalue weighted by Gasteiger charge is 2.30. The van der Waals surface area contributed by atoms with Crippen LogP contribution in [0, 0.1) is 0 Å². The number of aliphatic hydroxyl groups excluding tert-OH is 1. The van der Waals surface area contributed by atoms with Gasteiger partial charge in [0.15, 0.2) is 9.84 Å². The Morgan fingerprint density at radius 2 is 1.80 bits per heavy atom. The van der Waals surface area contributed by atoms with Gasteiger partial charge in [0.25, 0.3) is 11.8 Å². The monoisotopic (exact) mass is 408 g/mol. The van der Waals surface area contributed by atoms with Crippen molar-refractivity contribution < 1.29 is 23.0 Å². The molecule has 0 saturated carbocycles. The second kappa shape index (κ2) is 7.90. The van der Waals surface area contributed by atoms with Crippen molar-refractivity contribution in [1.82, 2.24) is 9.97 Å². The van der Waals surface area contributed by atoms with Crippen molar-refractivity contribution >= 4 is 44.1 Å². The van der Waals surface area contributed by atoms with Crippen LogP contribution < -0.4 is 9.47 Å². The molecule has 7 nitrogen and oxygen atoms in total. The molecule has 2 rings (SSSR count). The molecular weight excluding hydrogens is 391 g/mol. The molecule has 1 N–H and O–H groups in total. The zero-order valence-corrected chi connectivity index (χ0v) is 16.2. The van der Waals surface area contributed by atoms with Crippen molar-refractivity contribution in [3.05, 3.63) is 21.7 Å². The number of aliphatic hydroxyl groups is 1. The molecule has 0 fully saturated rings. The number of ether oxygens (including phenoxy) is 2. The molecule has 1 aromatic carbocycles. The average Bonchev–Trinajstić information content (AvgIpc) is 2.56. The predicted octanol–water partition coefficient (Wildman–Crippen LogP) is 2.81. The number of hydrogen-bond donors (Lipinski definition) is 1. The minimum absolute atomic E-state index is 0.0871. The molecule has 0 saturated heterocycles. The number of halogens is 2. The molecule has 25 heavy (non-hydrogen) atoms. The number of fused-ring (bicyclic) bond motifs is 1. The zero-order valence-electron chi connectivity index (χ0n) is 13.9. The number of sulfone groups is 1. The lowest BCUT2D eigenvalue weighted by Crippen LogP contribution is -2.14. The minimum Gasteiger partial charge on any atom is -0.477 e. The molecule has 2 aromatic rings. The minimum atomic E-state index is -3.55. The van der Waals surface area contributed by atoms with Gasteiger partial charge in [0.2, 0.25) is 0 Å². The van der Waals surface area contributed by atoms with E-state index in [1.165, 1.54) is 20.3 Å². The van der Waals surface area contributed by atoms with Gasteiger partial charge in [-0.1, -0.05) is 23.2 Å². The molecule has 0 aliphatic heterocycles. The molecule has 1 atom stereocenters. The fourth-order valence-corrected chi connectivity index (χ4v) is 4.34. The number of aromatic nitrogens is 2. The van der Waals surface area contributed by atoms with Crippen LogP contribution in [0.5, 0.6) is 11.8 Å². The van der Waals surface area contributed by atoms with E-state index in [4.69, 9.17) is 37.8 Å². The number of benzene rings is 1. The van der Waals surface area contributed by atoms with Gasteiger partial charge in [-0.2, -0.15) is 0 Å². The summed E-state index contributed by atoms with van der Waals surface area (Å²) in [5, 5.41) is 8.35. The van der Waals surface area contributed by atoms with E-state index in [0.717, 1.165) is 6.26 Å². The first-order chi connectivity index (χ1) is 11.7. The van der Waals surface area contributed by atoms with Crippen molar-refractivity contribution in [1.29, 1.82) is 0 Å². The Labute approximate surface area is 155 Å². The van der Waals surface area contributed by atoms with Crippen molar-refractivity contribution in [3.8, 4) is 11.8 Å². The van der Waals surface area contributed by atoms with Crippen molar-refractivity contribution in [3.63, 3.8) is 0 Å². The summed E-state index contributed by atoms with van der Waals surface area (Å²) < 4.78 is 34.9. The van der Waals surface area contributed by atoms with Crippen molar-refractivity contribution in [2.45, 2.75) is 18.1 Å². The van der Waals surface area contributed by atoms with Gasteiger partial charge < -0.3 is 14.6 Å². The van der Waals surface area contributed by atoms with Gasteiger partial charge in [-0.05, 0) is 18.9 Å². The Kier molecular flexibility index (Phi) is 6.31. The van der Waals surface area contributed by atoms with Crippen LogP contribution in [0.25, 0.3) is 11.0 Å². The average molecular weight is 409 g/mol. The lowest BCUT2D eigenvalue weighted by molar-refractivity contribution is 0.283. The van der Waals surface area contributed by atoms with Crippen LogP contribution in [0.1, 0.15) is 23.7 Å². The van der Waals surface area contributed by atoms with E-state index in [0.29, 0.717) is 5.52 Å². The number of methoxy groups -OCH3 is 2. The van der Waals surface area contributed by atoms with E-state index >= 15 is 0 Å². The zero-order chi connectivity index (χ0) is 18.8. The molecule has 0 spiro atoms. The topological polar surface area (TPSA) is 98.6 Å². The Hall–Kier alpha value is -1.35. The predicted molar refractivity (Wildman–Crippen MR) is 96.6 cm³/mol. The van der Waals surface area contributed by atoms with E-state index in [9.17, 15) is 8.42 Å². The lowest BCUT2D eigenvalue weighted by Gasteiger charge is -2.19. The SMILES string of the molecule is COc1nc2cc(Cl)c(Cl)c(C(CCCO)S(C)(=O)=O)c2nc1OC. The number of rotatable bonds is 7. The van der Waals surface area contributed by atoms with Crippen molar-refractivity contribution in [2.24, 2.45) is 0 Å². The molecule has 0 aliphatic rings. The standard InChI is InChI=1S/C15H18Cl2N2O5S/c1-23-14-15(24-2)19-13-9(18-14)7-8(16)12(17)11(13)10(5-4-6-20)25(3,21)22/h7,10,20H,4-6H2,1-3H3. The summed E-state index contributed by atoms with van der Waals surface area (Å²) >= 11 is 12.5. The Morgan fingerprint density at radius 1 is 1.20 bits per heavy atom. The first kappa shape index (κ1) is 20.0. The Morgan fingerprint density at radius 3 is 2.32 bits per heavy atom. The maximum atomic E-state index is 12.3. The second-order valence-corrected chi connectivity index (χ2v) is 8.39. The van der Waals surface area contributed by atoms with E-state index in [2.05, 4.69) is 9.97 Å². The molecule has 138 valence electrons. The molecule has 1 heterocycles. The fraction of sp³-hybridized carbons (Fsp3) is 0.467. The largest absolute Gasteiger partial charge is 0.477 e. The van der Waals surface area contributed by atoms with Crippen LogP contribution in [0.2, 0.25) is 10.0 Å². The third-order valence-electron chi connectivity index (χ3n) is 3.68. The molecule has 1 unspecified atom stereocenters. The highest BCUT2D eigenvalue weighted by atomic mass is 35.5. The van der Waals surface area contributed by atoms with Crippen LogP contribution in [-0.2, 0) is 9.84 Å². The molecular formula is C15H18Cl2N2O5S. The van der Waals surface area contributed by atoms with E-state index in [-0.39, 0.29) is 52.3 Å². The first-order valence-electron chi connectivity index (χ1n) is 7.31. The second-order valence-electron chi connectivity index (χ2n) is 5.38. The van der Waals surface area contributed by atoms with Gasteiger partial charge in [-0.3, -0.25) is 0 Å². The summed E-state index contributed by atoms with van der Waals surface area (Å²) in [6.45, 7) is -0.148. The van der Waals surface area contributed by atoms with Crippen LogP contribution in [0.3, 0.4) is 0 Å². The van der Waals surface area contributed by atoms with Gasteiger partial charge >= 0.3 is 0 Å². The summed E-state index contributed by atoms with van der Waals surface area (Å²) in [6, 6.07) is 1.49. The molecule has 0 radical (unpaired) electrons. The molecule has 0 amide bonds. The quantitative estimate of drug-likeness (QED) is 0.751. The first-order valence-corrected chi connectivity index (χ1v) is 10.0. The summed E-state index contributed by atoms with van der Waals surface area (Å²) in [6.07, 6.45) is 1.55. The normalized spacial score (nSPS) is 13.0. The molecule has 10 heteroatoms. The highest BCUT2D eigenvalue weighted by molar-refractivity contribution is 7.90. The maximum absolute atomic E-state index is 12.3. The third kappa shape index (κ3) is 4.08. The van der Waals surface area contributed by atoms with E-state index < -0.39 is 15.1 Å². The number of nitrogens with zero attached hydrogens (tertiary/aromatic N) is 2. The van der Waals surface area contributed by atoms with Gasteiger partial charge in [0.05, 0.1) is 40.5 Å². The summed E-state index contributed by atoms with van der Waals surface area (Å²) in [7, 11) is -0.738. The summed E-state index contributed by atoms with van der Waals surface area (Å²) in [5.41, 5.74) is 0.841. The van der Waals surface area contributed by atoms with E-state index in [1.807, 2.05) is 0 Å². The smallest absolute Gasteiger partial charge is 0.278 e. The van der Waals surface area contributed by atoms with Gasteiger partial charge in [0.1, 0.15) is 0 Å². The van der Waals surface area contributed by atoms with Crippen molar-refractivity contribution in [2.75, 3.05) is 27.1 Å². The third-order valence-corrected chi connectivity index (χ3v) is 5.98. The Bertz CT molecular complexity index is 889. The summed E-state index contributed by atoms with van der Waals surface area (Å²) in [4.78, 5) is 8.60. The highest BCUT2D eigenvalue weighted by Crippen LogP contribution is 2.41. The molecule has 1 aromatic heterocycles. The molecule has 0 aliphatic carbocycles. The van der Waals surface area contributed by atoms with Gasteiger partial charge in [-0.15, -0.1) is 0 Å². The van der Waals surface area contributed by atoms with E-state index in [1.54, 1.807) is 0 Å².